The van der Waals surface area contributed by atoms with Crippen molar-refractivity contribution in [2.45, 2.75) is 24.9 Å². The topological polar surface area (TPSA) is 44.2 Å². The molecule has 6 heteroatoms. The van der Waals surface area contributed by atoms with E-state index in [1.54, 1.807) is 6.20 Å². The van der Waals surface area contributed by atoms with Crippen LogP contribution in [0.3, 0.4) is 0 Å². The van der Waals surface area contributed by atoms with Gasteiger partial charge >= 0.3 is 0 Å². The van der Waals surface area contributed by atoms with Gasteiger partial charge in [0.05, 0.1) is 12.8 Å². The van der Waals surface area contributed by atoms with Crippen LogP contribution in [0.5, 0.6) is 11.6 Å². The zero-order chi connectivity index (χ0) is 13.2. The molecule has 0 bridgehead atoms. The van der Waals surface area contributed by atoms with E-state index in [2.05, 4.69) is 26.7 Å². The Bertz CT molecular complexity index is 432. The third-order valence-electron chi connectivity index (χ3n) is 1.99. The summed E-state index contributed by atoms with van der Waals surface area (Å²) in [5.41, 5.74) is 0. The molecule has 0 aromatic carbocycles. The third kappa shape index (κ3) is 5.31. The SMILES string of the molecule is CCCCOc1cnc(SC)nc1OCC#CI. The zero-order valence-corrected chi connectivity index (χ0v) is 13.4. The van der Waals surface area contributed by atoms with Crippen molar-refractivity contribution in [1.82, 2.24) is 9.97 Å². The highest BCUT2D eigenvalue weighted by molar-refractivity contribution is 14.1. The summed E-state index contributed by atoms with van der Waals surface area (Å²) in [7, 11) is 0. The summed E-state index contributed by atoms with van der Waals surface area (Å²) in [6.07, 6.45) is 5.65. The van der Waals surface area contributed by atoms with E-state index in [1.165, 1.54) is 11.8 Å². The van der Waals surface area contributed by atoms with Crippen LogP contribution in [0.1, 0.15) is 19.8 Å². The maximum absolute atomic E-state index is 5.60. The quantitative estimate of drug-likeness (QED) is 0.240. The monoisotopic (exact) mass is 378 g/mol. The lowest BCUT2D eigenvalue weighted by Gasteiger charge is -2.10. The summed E-state index contributed by atoms with van der Waals surface area (Å²) < 4.78 is 13.8. The Kier molecular flexibility index (Phi) is 7.93. The van der Waals surface area contributed by atoms with Gasteiger partial charge in [-0.2, -0.15) is 4.98 Å². The smallest absolute Gasteiger partial charge is 0.262 e. The van der Waals surface area contributed by atoms with Crippen LogP contribution in [0.2, 0.25) is 0 Å². The highest BCUT2D eigenvalue weighted by atomic mass is 127. The minimum Gasteiger partial charge on any atom is -0.487 e. The first kappa shape index (κ1) is 15.4. The number of nitrogens with zero attached hydrogens (tertiary/aromatic N) is 2. The van der Waals surface area contributed by atoms with E-state index < -0.39 is 0 Å². The van der Waals surface area contributed by atoms with Crippen LogP contribution in [0.4, 0.5) is 0 Å². The number of unbranched alkanes of at least 4 members (excludes halogenated alkanes) is 1. The van der Waals surface area contributed by atoms with Crippen LogP contribution in [0, 0.1) is 9.85 Å². The lowest BCUT2D eigenvalue weighted by atomic mass is 10.4. The molecule has 0 amide bonds. The molecule has 0 spiro atoms. The van der Waals surface area contributed by atoms with E-state index in [0.29, 0.717) is 30.0 Å². The molecule has 0 aliphatic heterocycles. The van der Waals surface area contributed by atoms with Gasteiger partial charge in [0.15, 0.2) is 17.5 Å². The summed E-state index contributed by atoms with van der Waals surface area (Å²) in [6.45, 7) is 3.06. The second-order valence-corrected chi connectivity index (χ2v) is 4.60. The van der Waals surface area contributed by atoms with E-state index in [-0.39, 0.29) is 0 Å². The predicted molar refractivity (Wildman–Crippen MR) is 81.5 cm³/mol. The standard InChI is InChI=1S/C12H15IN2O2S/c1-3-4-7-16-10-9-14-12(18-2)15-11(10)17-8-5-6-13/h9H,3-4,7-8H2,1-2H3. The fourth-order valence-electron chi connectivity index (χ4n) is 1.10. The van der Waals surface area contributed by atoms with Crippen molar-refractivity contribution in [1.29, 1.82) is 0 Å². The first-order valence-corrected chi connectivity index (χ1v) is 7.87. The summed E-state index contributed by atoms with van der Waals surface area (Å²) in [6, 6.07) is 0. The molecular weight excluding hydrogens is 363 g/mol. The lowest BCUT2D eigenvalue weighted by Crippen LogP contribution is -2.04. The fraction of sp³-hybridized carbons (Fsp3) is 0.500. The number of hydrogen-bond acceptors (Lipinski definition) is 5. The molecule has 0 saturated heterocycles. The number of thioether (sulfide) groups is 1. The largest absolute Gasteiger partial charge is 0.487 e. The zero-order valence-electron chi connectivity index (χ0n) is 10.4. The number of aromatic nitrogens is 2. The maximum atomic E-state index is 5.60. The van der Waals surface area contributed by atoms with Crippen molar-refractivity contribution in [3.05, 3.63) is 6.20 Å². The molecule has 1 heterocycles. The van der Waals surface area contributed by atoms with Gasteiger partial charge in [0.2, 0.25) is 0 Å². The molecular formula is C12H15IN2O2S. The maximum Gasteiger partial charge on any atom is 0.262 e. The molecule has 18 heavy (non-hydrogen) atoms. The van der Waals surface area contributed by atoms with Crippen LogP contribution in [-0.2, 0) is 0 Å². The summed E-state index contributed by atoms with van der Waals surface area (Å²) in [5, 5.41) is 0.662. The molecule has 0 radical (unpaired) electrons. The Morgan fingerprint density at radius 1 is 1.44 bits per heavy atom. The molecule has 0 atom stereocenters. The van der Waals surface area contributed by atoms with E-state index in [0.717, 1.165) is 12.8 Å². The molecule has 4 nitrogen and oxygen atoms in total. The molecule has 0 saturated carbocycles. The minimum absolute atomic E-state index is 0.303. The van der Waals surface area contributed by atoms with Gasteiger partial charge in [0.1, 0.15) is 0 Å². The lowest BCUT2D eigenvalue weighted by molar-refractivity contribution is 0.270. The first-order chi connectivity index (χ1) is 8.81. The Hall–Kier alpha value is -0.680. The Morgan fingerprint density at radius 2 is 2.28 bits per heavy atom. The van der Waals surface area contributed by atoms with Crippen molar-refractivity contribution in [2.75, 3.05) is 19.5 Å². The van der Waals surface area contributed by atoms with Gasteiger partial charge in [-0.05, 0) is 16.6 Å². The highest BCUT2D eigenvalue weighted by Crippen LogP contribution is 2.26. The van der Waals surface area contributed by atoms with Gasteiger partial charge in [-0.25, -0.2) is 4.98 Å². The normalized spacial score (nSPS) is 9.50. The Balaban J connectivity index is 2.74. The molecule has 1 aromatic rings. The Morgan fingerprint density at radius 3 is 2.94 bits per heavy atom. The van der Waals surface area contributed by atoms with Gasteiger partial charge in [-0.15, -0.1) is 0 Å². The van der Waals surface area contributed by atoms with E-state index >= 15 is 0 Å². The second kappa shape index (κ2) is 9.28. The molecule has 0 N–H and O–H groups in total. The number of halogens is 1. The molecule has 0 aliphatic carbocycles. The Labute approximate surface area is 125 Å². The van der Waals surface area contributed by atoms with Crippen LogP contribution in [-0.4, -0.2) is 29.4 Å². The van der Waals surface area contributed by atoms with E-state index in [9.17, 15) is 0 Å². The number of ether oxygens (including phenoxy) is 2. The molecule has 98 valence electrons. The summed E-state index contributed by atoms with van der Waals surface area (Å²) >= 11 is 3.44. The fourth-order valence-corrected chi connectivity index (χ4v) is 1.59. The second-order valence-electron chi connectivity index (χ2n) is 3.29. The first-order valence-electron chi connectivity index (χ1n) is 5.57. The van der Waals surface area contributed by atoms with Gasteiger partial charge < -0.3 is 9.47 Å². The van der Waals surface area contributed by atoms with Crippen LogP contribution in [0.25, 0.3) is 0 Å². The van der Waals surface area contributed by atoms with Gasteiger partial charge in [-0.1, -0.05) is 31.0 Å². The third-order valence-corrected chi connectivity index (χ3v) is 2.93. The average molecular weight is 378 g/mol. The number of rotatable bonds is 7. The van der Waals surface area contributed by atoms with E-state index in [1.807, 2.05) is 28.8 Å². The summed E-state index contributed by atoms with van der Waals surface area (Å²) in [5.74, 6) is 3.86. The molecule has 0 aliphatic rings. The van der Waals surface area contributed by atoms with Crippen molar-refractivity contribution in [3.8, 4) is 21.5 Å². The minimum atomic E-state index is 0.303. The van der Waals surface area contributed by atoms with Crippen molar-refractivity contribution < 1.29 is 9.47 Å². The van der Waals surface area contributed by atoms with Crippen LogP contribution >= 0.6 is 34.4 Å². The van der Waals surface area contributed by atoms with Crippen molar-refractivity contribution in [3.63, 3.8) is 0 Å². The van der Waals surface area contributed by atoms with Gasteiger partial charge in [0, 0.05) is 22.6 Å². The molecule has 1 aromatic heterocycles. The molecule has 0 unspecified atom stereocenters. The highest BCUT2D eigenvalue weighted by Gasteiger charge is 2.09. The van der Waals surface area contributed by atoms with Crippen LogP contribution in [0.15, 0.2) is 11.4 Å². The van der Waals surface area contributed by atoms with Gasteiger partial charge in [0.25, 0.3) is 5.88 Å². The summed E-state index contributed by atoms with van der Waals surface area (Å²) in [4.78, 5) is 8.45. The molecule has 1 rings (SSSR count). The van der Waals surface area contributed by atoms with E-state index in [4.69, 9.17) is 9.47 Å². The van der Waals surface area contributed by atoms with Crippen molar-refractivity contribution >= 4 is 34.4 Å². The van der Waals surface area contributed by atoms with Crippen LogP contribution < -0.4 is 9.47 Å². The predicted octanol–water partition coefficient (Wildman–Crippen LogP) is 3.15. The van der Waals surface area contributed by atoms with Crippen molar-refractivity contribution in [2.24, 2.45) is 0 Å². The number of hydrogen-bond donors (Lipinski definition) is 0. The molecule has 0 fully saturated rings. The van der Waals surface area contributed by atoms with Gasteiger partial charge in [-0.3, -0.25) is 0 Å². The average Bonchev–Trinajstić information content (AvgIpc) is 2.40.